The molecule has 2 aromatic rings. The van der Waals surface area contributed by atoms with Gasteiger partial charge in [0, 0.05) is 6.42 Å². The molecular formula is C21H26O5. The zero-order valence-electron chi connectivity index (χ0n) is 15.0. The van der Waals surface area contributed by atoms with Gasteiger partial charge in [0.05, 0.1) is 39.6 Å². The molecule has 1 aliphatic heterocycles. The molecule has 0 saturated carbocycles. The van der Waals surface area contributed by atoms with Gasteiger partial charge in [0.1, 0.15) is 24.7 Å². The predicted octanol–water partition coefficient (Wildman–Crippen LogP) is 3.10. The fourth-order valence-electron chi connectivity index (χ4n) is 2.75. The average molecular weight is 358 g/mol. The van der Waals surface area contributed by atoms with Crippen LogP contribution in [0.2, 0.25) is 0 Å². The number of rotatable bonds is 0. The summed E-state index contributed by atoms with van der Waals surface area (Å²) in [5, 5.41) is 0. The number of benzene rings is 2. The normalized spacial score (nSPS) is 17.5. The van der Waals surface area contributed by atoms with E-state index >= 15 is 0 Å². The van der Waals surface area contributed by atoms with E-state index in [9.17, 15) is 0 Å². The Labute approximate surface area is 154 Å². The summed E-state index contributed by atoms with van der Waals surface area (Å²) in [5.74, 6) is 1.76. The Morgan fingerprint density at radius 2 is 0.846 bits per heavy atom. The first kappa shape index (κ1) is 18.7. The summed E-state index contributed by atoms with van der Waals surface area (Å²) in [6.07, 6.45) is 0.752. The van der Waals surface area contributed by atoms with Crippen LogP contribution in [0, 0.1) is 0 Å². The van der Waals surface area contributed by atoms with E-state index in [2.05, 4.69) is 12.1 Å². The molecular weight excluding hydrogens is 332 g/mol. The van der Waals surface area contributed by atoms with E-state index in [1.165, 1.54) is 0 Å². The SMILES string of the molecule is c1ccc2c(c1)Cc1ccccc1OCCOCCOCCOCCO2. The van der Waals surface area contributed by atoms with Crippen LogP contribution in [0.4, 0.5) is 0 Å². The van der Waals surface area contributed by atoms with Gasteiger partial charge >= 0.3 is 0 Å². The van der Waals surface area contributed by atoms with Crippen LogP contribution in [-0.4, -0.2) is 52.9 Å². The van der Waals surface area contributed by atoms with Crippen LogP contribution in [0.5, 0.6) is 11.5 Å². The largest absolute Gasteiger partial charge is 0.491 e. The van der Waals surface area contributed by atoms with E-state index in [1.54, 1.807) is 0 Å². The van der Waals surface area contributed by atoms with Gasteiger partial charge < -0.3 is 23.7 Å². The van der Waals surface area contributed by atoms with Crippen LogP contribution in [0.15, 0.2) is 48.5 Å². The molecule has 0 atom stereocenters. The third-order valence-electron chi connectivity index (χ3n) is 4.04. The molecule has 0 amide bonds. The number of ether oxygens (including phenoxy) is 5. The van der Waals surface area contributed by atoms with Gasteiger partial charge in [-0.3, -0.25) is 0 Å². The second-order valence-electron chi connectivity index (χ2n) is 5.93. The van der Waals surface area contributed by atoms with Crippen molar-refractivity contribution in [1.29, 1.82) is 0 Å². The quantitative estimate of drug-likeness (QED) is 0.724. The van der Waals surface area contributed by atoms with Crippen LogP contribution in [0.25, 0.3) is 0 Å². The molecule has 0 spiro atoms. The topological polar surface area (TPSA) is 46.2 Å². The van der Waals surface area contributed by atoms with E-state index in [0.717, 1.165) is 29.0 Å². The fourth-order valence-corrected chi connectivity index (χ4v) is 2.75. The second-order valence-corrected chi connectivity index (χ2v) is 5.93. The maximum absolute atomic E-state index is 5.92. The zero-order chi connectivity index (χ0) is 17.9. The average Bonchev–Trinajstić information content (AvgIpc) is 2.67. The Hall–Kier alpha value is -2.08. The van der Waals surface area contributed by atoms with Crippen molar-refractivity contribution in [2.75, 3.05) is 52.9 Å². The lowest BCUT2D eigenvalue weighted by Crippen LogP contribution is -2.15. The van der Waals surface area contributed by atoms with Crippen LogP contribution >= 0.6 is 0 Å². The first-order valence-corrected chi connectivity index (χ1v) is 9.08. The second kappa shape index (κ2) is 10.8. The molecule has 26 heavy (non-hydrogen) atoms. The summed E-state index contributed by atoms with van der Waals surface area (Å²) in [6, 6.07) is 16.2. The molecule has 0 saturated heterocycles. The van der Waals surface area contributed by atoms with Gasteiger partial charge in [0.15, 0.2) is 0 Å². The lowest BCUT2D eigenvalue weighted by molar-refractivity contribution is 0.00482. The molecule has 5 heteroatoms. The third kappa shape index (κ3) is 6.02. The lowest BCUT2D eigenvalue weighted by Gasteiger charge is -2.15. The highest BCUT2D eigenvalue weighted by atomic mass is 16.6. The van der Waals surface area contributed by atoms with E-state index < -0.39 is 0 Å². The zero-order valence-corrected chi connectivity index (χ0v) is 15.0. The number of hydrogen-bond acceptors (Lipinski definition) is 5. The van der Waals surface area contributed by atoms with E-state index in [-0.39, 0.29) is 0 Å². The first-order valence-electron chi connectivity index (χ1n) is 9.08. The van der Waals surface area contributed by atoms with Gasteiger partial charge in [-0.25, -0.2) is 0 Å². The maximum atomic E-state index is 5.92. The van der Waals surface area contributed by atoms with Crippen molar-refractivity contribution < 1.29 is 23.7 Å². The van der Waals surface area contributed by atoms with Crippen LogP contribution in [-0.2, 0) is 20.6 Å². The van der Waals surface area contributed by atoms with Crippen LogP contribution in [0.1, 0.15) is 11.1 Å². The number of hydrogen-bond donors (Lipinski definition) is 0. The monoisotopic (exact) mass is 358 g/mol. The van der Waals surface area contributed by atoms with Gasteiger partial charge in [-0.15, -0.1) is 0 Å². The molecule has 5 nitrogen and oxygen atoms in total. The summed E-state index contributed by atoms with van der Waals surface area (Å²) in [5.41, 5.74) is 2.26. The minimum absolute atomic E-state index is 0.512. The van der Waals surface area contributed by atoms with Gasteiger partial charge in [-0.1, -0.05) is 36.4 Å². The molecule has 0 aromatic heterocycles. The summed E-state index contributed by atoms with van der Waals surface area (Å²) in [4.78, 5) is 0. The van der Waals surface area contributed by atoms with Gasteiger partial charge in [-0.2, -0.15) is 0 Å². The lowest BCUT2D eigenvalue weighted by atomic mass is 10.0. The summed E-state index contributed by atoms with van der Waals surface area (Å²) in [7, 11) is 0. The van der Waals surface area contributed by atoms with E-state index in [4.69, 9.17) is 23.7 Å². The molecule has 0 fully saturated rings. The predicted molar refractivity (Wildman–Crippen MR) is 99.1 cm³/mol. The van der Waals surface area contributed by atoms with Crippen molar-refractivity contribution in [3.8, 4) is 11.5 Å². The molecule has 1 heterocycles. The molecule has 0 N–H and O–H groups in total. The van der Waals surface area contributed by atoms with Crippen molar-refractivity contribution in [2.45, 2.75) is 6.42 Å². The van der Waals surface area contributed by atoms with Crippen molar-refractivity contribution in [2.24, 2.45) is 0 Å². The molecule has 1 aliphatic rings. The Morgan fingerprint density at radius 1 is 0.462 bits per heavy atom. The van der Waals surface area contributed by atoms with Crippen molar-refractivity contribution in [3.63, 3.8) is 0 Å². The highest BCUT2D eigenvalue weighted by Gasteiger charge is 2.09. The fraction of sp³-hybridized carbons (Fsp3) is 0.429. The minimum Gasteiger partial charge on any atom is -0.491 e. The highest BCUT2D eigenvalue weighted by molar-refractivity contribution is 5.42. The van der Waals surface area contributed by atoms with Gasteiger partial charge in [-0.05, 0) is 23.3 Å². The highest BCUT2D eigenvalue weighted by Crippen LogP contribution is 2.26. The molecule has 140 valence electrons. The summed E-state index contributed by atoms with van der Waals surface area (Å²) < 4.78 is 28.4. The maximum Gasteiger partial charge on any atom is 0.122 e. The Bertz CT molecular complexity index is 603. The summed E-state index contributed by atoms with van der Waals surface area (Å²) >= 11 is 0. The van der Waals surface area contributed by atoms with Gasteiger partial charge in [0.25, 0.3) is 0 Å². The Kier molecular flexibility index (Phi) is 7.78. The molecule has 3 rings (SSSR count). The standard InChI is InChI=1S/C21H26O5/c1-3-7-20-18(5-1)17-19-6-2-4-8-21(19)26-16-14-24-12-10-22-9-11-23-13-15-25-20/h1-8H,9-17H2. The molecule has 2 aromatic carbocycles. The third-order valence-corrected chi connectivity index (χ3v) is 4.04. The van der Waals surface area contributed by atoms with E-state index in [1.807, 2.05) is 36.4 Å². The summed E-state index contributed by atoms with van der Waals surface area (Å²) in [6.45, 7) is 4.33. The molecule has 0 bridgehead atoms. The smallest absolute Gasteiger partial charge is 0.122 e. The van der Waals surface area contributed by atoms with Gasteiger partial charge in [0.2, 0.25) is 0 Å². The molecule has 0 unspecified atom stereocenters. The van der Waals surface area contributed by atoms with Crippen LogP contribution < -0.4 is 9.47 Å². The Morgan fingerprint density at radius 3 is 1.31 bits per heavy atom. The van der Waals surface area contributed by atoms with Crippen molar-refractivity contribution in [3.05, 3.63) is 59.7 Å². The minimum atomic E-state index is 0.512. The first-order chi connectivity index (χ1) is 12.9. The Balaban J connectivity index is 1.71. The number of fused-ring (bicyclic) bond motifs is 2. The molecule has 0 aliphatic carbocycles. The van der Waals surface area contributed by atoms with Crippen molar-refractivity contribution in [1.82, 2.24) is 0 Å². The van der Waals surface area contributed by atoms with Crippen LogP contribution in [0.3, 0.4) is 0 Å². The number of para-hydroxylation sites is 2. The van der Waals surface area contributed by atoms with Crippen molar-refractivity contribution >= 4 is 0 Å². The molecule has 0 radical (unpaired) electrons. The van der Waals surface area contributed by atoms with E-state index in [0.29, 0.717) is 52.9 Å².